The van der Waals surface area contributed by atoms with Gasteiger partial charge in [-0.05, 0) is 42.0 Å². The summed E-state index contributed by atoms with van der Waals surface area (Å²) in [5.41, 5.74) is 4.84. The molecule has 0 fully saturated rings. The average Bonchev–Trinajstić information content (AvgIpc) is 2.47. The molecule has 0 spiro atoms. The van der Waals surface area contributed by atoms with E-state index >= 15 is 0 Å². The number of fused-ring (bicyclic) bond motifs is 1. The largest absolute Gasteiger partial charge is 0.299 e. The van der Waals surface area contributed by atoms with Crippen LogP contribution < -0.4 is 0 Å². The van der Waals surface area contributed by atoms with Crippen molar-refractivity contribution >= 4 is 5.78 Å². The van der Waals surface area contributed by atoms with Crippen molar-refractivity contribution in [3.05, 3.63) is 70.8 Å². The summed E-state index contributed by atoms with van der Waals surface area (Å²) >= 11 is 0. The predicted molar refractivity (Wildman–Crippen MR) is 75.4 cm³/mol. The van der Waals surface area contributed by atoms with Crippen LogP contribution in [0.25, 0.3) is 0 Å². The molecule has 0 aromatic heterocycles. The number of Topliss-reactive ketones (excluding diaryl/α,β-unsaturated/α-hetero) is 1. The molecule has 0 amide bonds. The van der Waals surface area contributed by atoms with Gasteiger partial charge in [-0.3, -0.25) is 4.79 Å². The van der Waals surface area contributed by atoms with Crippen molar-refractivity contribution in [2.45, 2.75) is 31.1 Å². The first-order valence-electron chi connectivity index (χ1n) is 6.95. The molecule has 0 saturated carbocycles. The van der Waals surface area contributed by atoms with Crippen molar-refractivity contribution in [2.75, 3.05) is 0 Å². The third-order valence-electron chi connectivity index (χ3n) is 5.00. The summed E-state index contributed by atoms with van der Waals surface area (Å²) in [6.45, 7) is 1.75. The molecule has 0 atom stereocenters. The quantitative estimate of drug-likeness (QED) is 0.750. The summed E-state index contributed by atoms with van der Waals surface area (Å²) in [5.74, 6) is 0.763. The number of benzene rings is 2. The van der Waals surface area contributed by atoms with Gasteiger partial charge >= 0.3 is 0 Å². The Labute approximate surface area is 113 Å². The minimum Gasteiger partial charge on any atom is -0.299 e. The SMILES string of the molecule is CC(=O)C12CCC(c3ccccc31)c1ccccc12. The molecule has 3 aliphatic rings. The van der Waals surface area contributed by atoms with E-state index in [1.165, 1.54) is 22.3 Å². The Balaban J connectivity index is 2.13. The fourth-order valence-electron chi connectivity index (χ4n) is 4.19. The molecule has 0 heterocycles. The van der Waals surface area contributed by atoms with Crippen LogP contribution in [0.15, 0.2) is 48.5 Å². The van der Waals surface area contributed by atoms with E-state index in [1.807, 2.05) is 0 Å². The van der Waals surface area contributed by atoms with Crippen molar-refractivity contribution in [3.63, 3.8) is 0 Å². The summed E-state index contributed by atoms with van der Waals surface area (Å²) in [7, 11) is 0. The number of carbonyl (C=O) groups is 1. The zero-order valence-electron chi connectivity index (χ0n) is 11.0. The lowest BCUT2D eigenvalue weighted by Gasteiger charge is -2.48. The summed E-state index contributed by atoms with van der Waals surface area (Å²) < 4.78 is 0. The highest BCUT2D eigenvalue weighted by Gasteiger charge is 2.50. The van der Waals surface area contributed by atoms with Gasteiger partial charge < -0.3 is 0 Å². The third kappa shape index (κ3) is 1.18. The zero-order chi connectivity index (χ0) is 13.0. The van der Waals surface area contributed by atoms with Gasteiger partial charge in [0.05, 0.1) is 5.41 Å². The number of hydrogen-bond donors (Lipinski definition) is 0. The van der Waals surface area contributed by atoms with Crippen LogP contribution in [0, 0.1) is 0 Å². The number of ketones is 1. The molecule has 2 aromatic rings. The maximum absolute atomic E-state index is 12.5. The van der Waals surface area contributed by atoms with E-state index in [2.05, 4.69) is 48.5 Å². The number of carbonyl (C=O) groups excluding carboxylic acids is 1. The molecule has 5 rings (SSSR count). The van der Waals surface area contributed by atoms with Crippen LogP contribution in [0.5, 0.6) is 0 Å². The van der Waals surface area contributed by atoms with E-state index < -0.39 is 0 Å². The Kier molecular flexibility index (Phi) is 2.06. The minimum atomic E-state index is -0.387. The van der Waals surface area contributed by atoms with E-state index in [1.54, 1.807) is 6.92 Å². The van der Waals surface area contributed by atoms with Crippen molar-refractivity contribution in [1.29, 1.82) is 0 Å². The van der Waals surface area contributed by atoms with Crippen LogP contribution in [0.3, 0.4) is 0 Å². The standard InChI is InChI=1S/C18H16O/c1-12(19)18-11-10-13(14-6-2-4-8-16(14)18)15-7-3-5-9-17(15)18/h2-9,13H,10-11H2,1H3. The molecule has 0 radical (unpaired) electrons. The molecule has 94 valence electrons. The van der Waals surface area contributed by atoms with Gasteiger partial charge in [-0.15, -0.1) is 0 Å². The van der Waals surface area contributed by atoms with Crippen LogP contribution in [0.4, 0.5) is 0 Å². The third-order valence-corrected chi connectivity index (χ3v) is 5.00. The van der Waals surface area contributed by atoms with Crippen molar-refractivity contribution in [3.8, 4) is 0 Å². The highest BCUT2D eigenvalue weighted by molar-refractivity contribution is 5.94. The molecule has 2 aromatic carbocycles. The Morgan fingerprint density at radius 3 is 2.05 bits per heavy atom. The topological polar surface area (TPSA) is 17.1 Å². The first-order valence-corrected chi connectivity index (χ1v) is 6.95. The lowest BCUT2D eigenvalue weighted by atomic mass is 9.54. The van der Waals surface area contributed by atoms with Crippen LogP contribution in [-0.2, 0) is 10.2 Å². The summed E-state index contributed by atoms with van der Waals surface area (Å²) in [6, 6.07) is 17.0. The molecule has 0 unspecified atom stereocenters. The van der Waals surface area contributed by atoms with E-state index in [-0.39, 0.29) is 11.2 Å². The zero-order valence-corrected chi connectivity index (χ0v) is 11.0. The van der Waals surface area contributed by atoms with Gasteiger partial charge in [0, 0.05) is 5.92 Å². The predicted octanol–water partition coefficient (Wildman–Crippen LogP) is 3.80. The molecule has 0 N–H and O–H groups in total. The highest BCUT2D eigenvalue weighted by atomic mass is 16.1. The molecule has 0 saturated heterocycles. The summed E-state index contributed by atoms with van der Waals surface area (Å²) in [4.78, 5) is 12.5. The van der Waals surface area contributed by atoms with Crippen molar-refractivity contribution < 1.29 is 4.79 Å². The minimum absolute atomic E-state index is 0.283. The van der Waals surface area contributed by atoms with Crippen LogP contribution in [0.1, 0.15) is 47.9 Å². The van der Waals surface area contributed by atoms with E-state index in [0.717, 1.165) is 12.8 Å². The molecule has 2 bridgehead atoms. The Bertz CT molecular complexity index is 636. The fourth-order valence-corrected chi connectivity index (χ4v) is 4.19. The maximum atomic E-state index is 12.5. The molecule has 19 heavy (non-hydrogen) atoms. The van der Waals surface area contributed by atoms with Gasteiger partial charge in [-0.1, -0.05) is 48.5 Å². The van der Waals surface area contributed by atoms with Gasteiger partial charge in [0.25, 0.3) is 0 Å². The second kappa shape index (κ2) is 3.57. The first-order chi connectivity index (χ1) is 9.25. The summed E-state index contributed by atoms with van der Waals surface area (Å²) in [6.07, 6.45) is 2.05. The molecule has 3 aliphatic carbocycles. The van der Waals surface area contributed by atoms with Crippen LogP contribution in [0.2, 0.25) is 0 Å². The lowest BCUT2D eigenvalue weighted by Crippen LogP contribution is -2.45. The number of rotatable bonds is 1. The van der Waals surface area contributed by atoms with Crippen LogP contribution in [-0.4, -0.2) is 5.78 Å². The van der Waals surface area contributed by atoms with Crippen molar-refractivity contribution in [2.24, 2.45) is 0 Å². The Hall–Kier alpha value is -1.89. The van der Waals surface area contributed by atoms with E-state index in [9.17, 15) is 4.79 Å². The number of hydrogen-bond acceptors (Lipinski definition) is 1. The highest BCUT2D eigenvalue weighted by Crippen LogP contribution is 2.56. The van der Waals surface area contributed by atoms with E-state index in [0.29, 0.717) is 5.92 Å². The maximum Gasteiger partial charge on any atom is 0.144 e. The van der Waals surface area contributed by atoms with Gasteiger partial charge in [0.1, 0.15) is 5.78 Å². The molecule has 1 heteroatoms. The van der Waals surface area contributed by atoms with Gasteiger partial charge in [-0.25, -0.2) is 0 Å². The van der Waals surface area contributed by atoms with E-state index in [4.69, 9.17) is 0 Å². The van der Waals surface area contributed by atoms with Gasteiger partial charge in [0.15, 0.2) is 0 Å². The second-order valence-corrected chi connectivity index (χ2v) is 5.73. The molecular formula is C18H16O. The molecule has 0 aliphatic heterocycles. The molecule has 1 nitrogen and oxygen atoms in total. The van der Waals surface area contributed by atoms with Gasteiger partial charge in [-0.2, -0.15) is 0 Å². The summed E-state index contributed by atoms with van der Waals surface area (Å²) in [5, 5.41) is 0. The first kappa shape index (κ1) is 11.0. The normalized spacial score (nSPS) is 26.7. The average molecular weight is 248 g/mol. The van der Waals surface area contributed by atoms with Crippen LogP contribution >= 0.6 is 0 Å². The molecular weight excluding hydrogens is 232 g/mol. The monoisotopic (exact) mass is 248 g/mol. The lowest BCUT2D eigenvalue weighted by molar-refractivity contribution is -0.121. The Morgan fingerprint density at radius 2 is 1.53 bits per heavy atom. The fraction of sp³-hybridized carbons (Fsp3) is 0.278. The second-order valence-electron chi connectivity index (χ2n) is 5.73. The Morgan fingerprint density at radius 1 is 1.00 bits per heavy atom. The smallest absolute Gasteiger partial charge is 0.144 e. The van der Waals surface area contributed by atoms with Crippen molar-refractivity contribution in [1.82, 2.24) is 0 Å². The van der Waals surface area contributed by atoms with Gasteiger partial charge in [0.2, 0.25) is 0 Å².